The van der Waals surface area contributed by atoms with E-state index < -0.39 is 29.6 Å². The van der Waals surface area contributed by atoms with Crippen LogP contribution in [0.25, 0.3) is 27.8 Å². The second-order valence-corrected chi connectivity index (χ2v) is 12.5. The van der Waals surface area contributed by atoms with E-state index in [-0.39, 0.29) is 25.5 Å². The second kappa shape index (κ2) is 13.6. The van der Waals surface area contributed by atoms with Gasteiger partial charge in [0.1, 0.15) is 11.9 Å². The first-order valence-corrected chi connectivity index (χ1v) is 16.7. The van der Waals surface area contributed by atoms with Crippen molar-refractivity contribution in [3.63, 3.8) is 0 Å². The third kappa shape index (κ3) is 6.44. The fraction of sp³-hybridized carbons (Fsp3) is 0.306. The van der Waals surface area contributed by atoms with Crippen molar-refractivity contribution in [2.45, 2.75) is 64.8 Å². The molecule has 4 N–H and O–H groups in total. The average Bonchev–Trinajstić information content (AvgIpc) is 3.90. The number of benzene rings is 2. The largest absolute Gasteiger partial charge is 0.480 e. The van der Waals surface area contributed by atoms with Crippen molar-refractivity contribution in [3.05, 3.63) is 106 Å². The molecule has 1 aliphatic rings. The van der Waals surface area contributed by atoms with Gasteiger partial charge in [0.15, 0.2) is 0 Å². The monoisotopic (exact) mass is 701 g/mol. The number of hydrogen-bond donors (Lipinski definition) is 4. The number of hydrogen-bond acceptors (Lipinski definition) is 7. The van der Waals surface area contributed by atoms with Crippen LogP contribution in [0.5, 0.6) is 0 Å². The molecule has 264 valence electrons. The minimum absolute atomic E-state index is 0.0639. The van der Waals surface area contributed by atoms with E-state index in [2.05, 4.69) is 44.1 Å². The molecule has 1 aliphatic heterocycles. The predicted octanol–water partition coefficient (Wildman–Crippen LogP) is 6.16. The third-order valence-corrected chi connectivity index (χ3v) is 9.39. The van der Waals surface area contributed by atoms with Crippen LogP contribution in [-0.4, -0.2) is 58.4 Å². The molecule has 11 nitrogen and oxygen atoms in total. The number of aromatic amines is 2. The van der Waals surface area contributed by atoms with Gasteiger partial charge in [0.05, 0.1) is 34.5 Å². The molecule has 51 heavy (non-hydrogen) atoms. The highest BCUT2D eigenvalue weighted by Gasteiger charge is 2.34. The molecule has 1 unspecified atom stereocenters. The van der Waals surface area contributed by atoms with E-state index in [4.69, 9.17) is 5.10 Å². The number of aromatic nitrogens is 7. The van der Waals surface area contributed by atoms with E-state index in [0.717, 1.165) is 40.5 Å². The number of rotatable bonds is 11. The lowest BCUT2D eigenvalue weighted by Gasteiger charge is -2.27. The molecule has 0 amide bonds. The van der Waals surface area contributed by atoms with E-state index in [0.29, 0.717) is 59.2 Å². The summed E-state index contributed by atoms with van der Waals surface area (Å²) in [5, 5.41) is 18.6. The molecule has 0 bridgehead atoms. The first kappa shape index (κ1) is 33.9. The molecule has 0 saturated heterocycles. The zero-order valence-electron chi connectivity index (χ0n) is 27.9. The number of aliphatic carboxylic acids is 1. The molecular weight excluding hydrogens is 666 g/mol. The minimum atomic E-state index is -4.57. The smallest absolute Gasteiger partial charge is 0.419 e. The first-order chi connectivity index (χ1) is 24.6. The summed E-state index contributed by atoms with van der Waals surface area (Å²) in [7, 11) is 0. The molecule has 2 aromatic carbocycles. The molecule has 7 rings (SSSR count). The van der Waals surface area contributed by atoms with E-state index in [1.807, 2.05) is 22.9 Å². The number of para-hydroxylation sites is 1. The molecule has 5 heterocycles. The molecule has 6 aromatic rings. The van der Waals surface area contributed by atoms with Crippen LogP contribution in [0.4, 0.5) is 23.5 Å². The Hall–Kier alpha value is -5.57. The molecule has 0 saturated carbocycles. The van der Waals surface area contributed by atoms with Crippen molar-refractivity contribution in [2.75, 3.05) is 11.4 Å². The summed E-state index contributed by atoms with van der Waals surface area (Å²) in [6.45, 7) is 4.76. The predicted molar refractivity (Wildman–Crippen MR) is 182 cm³/mol. The van der Waals surface area contributed by atoms with Gasteiger partial charge in [0.2, 0.25) is 5.95 Å². The van der Waals surface area contributed by atoms with Gasteiger partial charge >= 0.3 is 12.1 Å². The number of carboxylic acid groups (broad SMARTS) is 1. The standard InChI is InChI=1S/C36H35F4N9O2/c1-3-20-6-5-7-21(4-2)32(20)49-33(26-18-48(11-9-28(26)47-49)35-44-15-23(16-45-35)36(38,39)40)30-25-8-10-42-31(25)22(12-27(30)37)14-43-29(34(50)51)13-24-17-41-19-46-24/h5-8,10,12,15-17,19,29,42-43H,3-4,9,11,13-14,18H2,1-2H3,(H,41,46)(H,50,51). The number of halogens is 4. The summed E-state index contributed by atoms with van der Waals surface area (Å²) in [6.07, 6.45) is 3.72. The Morgan fingerprint density at radius 2 is 1.80 bits per heavy atom. The fourth-order valence-corrected chi connectivity index (χ4v) is 6.83. The number of aryl methyl sites for hydroxylation is 2. The molecular formula is C36H35F4N9O2. The van der Waals surface area contributed by atoms with Gasteiger partial charge < -0.3 is 20.0 Å². The molecule has 4 aromatic heterocycles. The van der Waals surface area contributed by atoms with E-state index in [1.54, 1.807) is 23.4 Å². The van der Waals surface area contributed by atoms with Gasteiger partial charge in [-0.2, -0.15) is 18.3 Å². The van der Waals surface area contributed by atoms with E-state index in [9.17, 15) is 23.1 Å². The number of carboxylic acids is 1. The molecule has 0 aliphatic carbocycles. The van der Waals surface area contributed by atoms with Crippen molar-refractivity contribution >= 4 is 22.8 Å². The van der Waals surface area contributed by atoms with Gasteiger partial charge in [-0.05, 0) is 41.7 Å². The van der Waals surface area contributed by atoms with Crippen LogP contribution < -0.4 is 10.2 Å². The summed E-state index contributed by atoms with van der Waals surface area (Å²) < 4.78 is 58.5. The highest BCUT2D eigenvalue weighted by atomic mass is 19.4. The number of H-pyrrole nitrogens is 2. The molecule has 0 spiro atoms. The average molecular weight is 702 g/mol. The number of imidazole rings is 1. The lowest BCUT2D eigenvalue weighted by atomic mass is 9.95. The maximum atomic E-state index is 16.9. The van der Waals surface area contributed by atoms with Crippen molar-refractivity contribution in [1.29, 1.82) is 0 Å². The summed E-state index contributed by atoms with van der Waals surface area (Å²) >= 11 is 0. The van der Waals surface area contributed by atoms with Gasteiger partial charge in [0.25, 0.3) is 0 Å². The lowest BCUT2D eigenvalue weighted by Crippen LogP contribution is -2.38. The lowest BCUT2D eigenvalue weighted by molar-refractivity contribution is -0.139. The number of nitrogens with zero attached hydrogens (tertiary/aromatic N) is 6. The molecule has 15 heteroatoms. The summed E-state index contributed by atoms with van der Waals surface area (Å²) in [5.41, 5.74) is 6.09. The Morgan fingerprint density at radius 3 is 2.45 bits per heavy atom. The number of alkyl halides is 3. The van der Waals surface area contributed by atoms with Gasteiger partial charge in [-0.25, -0.2) is 24.0 Å². The van der Waals surface area contributed by atoms with Crippen LogP contribution in [-0.2, 0) is 49.7 Å². The second-order valence-electron chi connectivity index (χ2n) is 12.5. The zero-order chi connectivity index (χ0) is 35.9. The third-order valence-electron chi connectivity index (χ3n) is 9.39. The van der Waals surface area contributed by atoms with Crippen LogP contribution in [0.15, 0.2) is 61.4 Å². The van der Waals surface area contributed by atoms with E-state index in [1.165, 1.54) is 12.4 Å². The van der Waals surface area contributed by atoms with Gasteiger partial charge in [0, 0.05) is 79.5 Å². The van der Waals surface area contributed by atoms with Crippen LogP contribution in [0, 0.1) is 5.82 Å². The van der Waals surface area contributed by atoms with Crippen molar-refractivity contribution < 1.29 is 27.5 Å². The highest BCUT2D eigenvalue weighted by Crippen LogP contribution is 2.41. The summed E-state index contributed by atoms with van der Waals surface area (Å²) in [6, 6.07) is 8.29. The zero-order valence-corrected chi connectivity index (χ0v) is 27.9. The van der Waals surface area contributed by atoms with Crippen molar-refractivity contribution in [3.8, 4) is 16.9 Å². The molecule has 0 radical (unpaired) electrons. The summed E-state index contributed by atoms with van der Waals surface area (Å²) in [5.74, 6) is -1.45. The Morgan fingerprint density at radius 1 is 1.06 bits per heavy atom. The maximum Gasteiger partial charge on any atom is 0.419 e. The Labute approximate surface area is 289 Å². The van der Waals surface area contributed by atoms with Crippen LogP contribution in [0.1, 0.15) is 53.1 Å². The summed E-state index contributed by atoms with van der Waals surface area (Å²) in [4.78, 5) is 32.0. The number of fused-ring (bicyclic) bond motifs is 2. The van der Waals surface area contributed by atoms with Crippen LogP contribution >= 0.6 is 0 Å². The van der Waals surface area contributed by atoms with Crippen molar-refractivity contribution in [1.82, 2.24) is 40.0 Å². The SMILES string of the molecule is CCc1cccc(CC)c1-n1nc2c(c1-c1c(F)cc(CNC(Cc3cnc[nH]3)C(=O)O)c3[nH]ccc13)CN(c1ncc(C(F)(F)F)cn1)CC2. The topological polar surface area (TPSA) is 141 Å². The normalized spacial score (nSPS) is 13.9. The van der Waals surface area contributed by atoms with Crippen molar-refractivity contribution in [2.24, 2.45) is 0 Å². The number of carbonyl (C=O) groups is 1. The Balaban J connectivity index is 1.35. The van der Waals surface area contributed by atoms with Crippen LogP contribution in [0.2, 0.25) is 0 Å². The van der Waals surface area contributed by atoms with E-state index >= 15 is 4.39 Å². The Bertz CT molecular complexity index is 2170. The quantitative estimate of drug-likeness (QED) is 0.118. The van der Waals surface area contributed by atoms with Gasteiger partial charge in [-0.15, -0.1) is 0 Å². The molecule has 0 fully saturated rings. The fourth-order valence-electron chi connectivity index (χ4n) is 6.83. The van der Waals surface area contributed by atoms with Gasteiger partial charge in [-0.3, -0.25) is 10.1 Å². The highest BCUT2D eigenvalue weighted by molar-refractivity contribution is 5.98. The Kier molecular flexibility index (Phi) is 9.06. The van der Waals surface area contributed by atoms with Crippen LogP contribution in [0.3, 0.4) is 0 Å². The number of nitrogens with one attached hydrogen (secondary N) is 3. The number of anilines is 1. The maximum absolute atomic E-state index is 16.9. The van der Waals surface area contributed by atoms with Gasteiger partial charge in [-0.1, -0.05) is 32.0 Å². The molecule has 1 atom stereocenters. The minimum Gasteiger partial charge on any atom is -0.480 e. The first-order valence-electron chi connectivity index (χ1n) is 16.7.